The van der Waals surface area contributed by atoms with Crippen molar-refractivity contribution in [1.82, 2.24) is 4.90 Å². The minimum absolute atomic E-state index is 0.0606. The fourth-order valence-corrected chi connectivity index (χ4v) is 1.49. The van der Waals surface area contributed by atoms with Gasteiger partial charge in [0.2, 0.25) is 0 Å². The van der Waals surface area contributed by atoms with Gasteiger partial charge in [0, 0.05) is 13.2 Å². The standard InChI is InChI=1S/C9H11NO3/c1-6-4-10(2)8(3-9(12)13)7(6)5-11/h4,8H,3H2,1-2H3,(H,12,13). The molecule has 0 aromatic carbocycles. The molecule has 0 aromatic rings. The highest BCUT2D eigenvalue weighted by Gasteiger charge is 2.28. The molecule has 0 spiro atoms. The lowest BCUT2D eigenvalue weighted by Crippen LogP contribution is -2.27. The predicted octanol–water partition coefficient (Wildman–Crippen LogP) is 0.437. The van der Waals surface area contributed by atoms with Gasteiger partial charge in [0.1, 0.15) is 5.94 Å². The third-order valence-corrected chi connectivity index (χ3v) is 2.12. The van der Waals surface area contributed by atoms with Crippen LogP contribution in [-0.2, 0) is 9.59 Å². The Kier molecular flexibility index (Phi) is 2.54. The van der Waals surface area contributed by atoms with Gasteiger partial charge >= 0.3 is 5.97 Å². The van der Waals surface area contributed by atoms with Crippen LogP contribution in [0.3, 0.4) is 0 Å². The minimum Gasteiger partial charge on any atom is -0.481 e. The largest absolute Gasteiger partial charge is 0.481 e. The second-order valence-electron chi connectivity index (χ2n) is 3.11. The number of hydrogen-bond acceptors (Lipinski definition) is 3. The molecule has 70 valence electrons. The number of carbonyl (C=O) groups excluding carboxylic acids is 1. The second-order valence-corrected chi connectivity index (χ2v) is 3.11. The zero-order valence-corrected chi connectivity index (χ0v) is 7.57. The molecule has 0 amide bonds. The molecular formula is C9H11NO3. The van der Waals surface area contributed by atoms with Crippen molar-refractivity contribution in [2.24, 2.45) is 0 Å². The van der Waals surface area contributed by atoms with Gasteiger partial charge in [0.15, 0.2) is 0 Å². The summed E-state index contributed by atoms with van der Waals surface area (Å²) in [6.45, 7) is 1.78. The zero-order chi connectivity index (χ0) is 10.0. The van der Waals surface area contributed by atoms with Crippen LogP contribution in [0.5, 0.6) is 0 Å². The first-order valence-corrected chi connectivity index (χ1v) is 3.93. The summed E-state index contributed by atoms with van der Waals surface area (Å²) in [6, 6.07) is -0.352. The summed E-state index contributed by atoms with van der Waals surface area (Å²) in [5.41, 5.74) is 1.24. The smallest absolute Gasteiger partial charge is 0.305 e. The van der Waals surface area contributed by atoms with Crippen molar-refractivity contribution >= 4 is 11.9 Å². The Morgan fingerprint density at radius 2 is 2.38 bits per heavy atom. The minimum atomic E-state index is -0.910. The van der Waals surface area contributed by atoms with Crippen LogP contribution in [0, 0.1) is 0 Å². The molecule has 0 aliphatic carbocycles. The van der Waals surface area contributed by atoms with E-state index in [0.29, 0.717) is 5.57 Å². The van der Waals surface area contributed by atoms with Gasteiger partial charge in [0.05, 0.1) is 18.0 Å². The fourth-order valence-electron chi connectivity index (χ4n) is 1.49. The van der Waals surface area contributed by atoms with Gasteiger partial charge < -0.3 is 10.0 Å². The van der Waals surface area contributed by atoms with Crippen molar-refractivity contribution in [3.63, 3.8) is 0 Å². The molecule has 13 heavy (non-hydrogen) atoms. The van der Waals surface area contributed by atoms with Crippen LogP contribution < -0.4 is 0 Å². The Hall–Kier alpha value is -1.54. The van der Waals surface area contributed by atoms with Crippen LogP contribution in [0.25, 0.3) is 0 Å². The number of nitrogens with zero attached hydrogens (tertiary/aromatic N) is 1. The number of carboxylic acid groups (broad SMARTS) is 1. The predicted molar refractivity (Wildman–Crippen MR) is 46.8 cm³/mol. The number of rotatable bonds is 2. The lowest BCUT2D eigenvalue weighted by Gasteiger charge is -2.18. The zero-order valence-electron chi connectivity index (χ0n) is 7.57. The maximum Gasteiger partial charge on any atom is 0.305 e. The monoisotopic (exact) mass is 181 g/mol. The van der Waals surface area contributed by atoms with Crippen LogP contribution in [0.2, 0.25) is 0 Å². The van der Waals surface area contributed by atoms with Gasteiger partial charge in [-0.3, -0.25) is 4.79 Å². The maximum atomic E-state index is 10.5. The average Bonchev–Trinajstić information content (AvgIpc) is 2.26. The molecule has 1 atom stereocenters. The fraction of sp³-hybridized carbons (Fsp3) is 0.444. The summed E-state index contributed by atoms with van der Waals surface area (Å²) in [5.74, 6) is 0.883. The van der Waals surface area contributed by atoms with E-state index in [4.69, 9.17) is 5.11 Å². The highest BCUT2D eigenvalue weighted by molar-refractivity contribution is 5.72. The maximum absolute atomic E-state index is 10.5. The van der Waals surface area contributed by atoms with Crippen molar-refractivity contribution < 1.29 is 14.7 Å². The summed E-state index contributed by atoms with van der Waals surface area (Å²) in [5, 5.41) is 8.60. The second kappa shape index (κ2) is 3.46. The number of carboxylic acids is 1. The molecule has 0 saturated heterocycles. The SMILES string of the molecule is CC1=CN(C)C(CC(=O)O)C1=C=O. The molecule has 0 fully saturated rings. The van der Waals surface area contributed by atoms with E-state index < -0.39 is 5.97 Å². The molecule has 1 rings (SSSR count). The molecule has 1 aliphatic rings. The third-order valence-electron chi connectivity index (χ3n) is 2.12. The first-order valence-electron chi connectivity index (χ1n) is 3.93. The first kappa shape index (κ1) is 9.55. The van der Waals surface area contributed by atoms with Crippen LogP contribution >= 0.6 is 0 Å². The Morgan fingerprint density at radius 1 is 1.77 bits per heavy atom. The van der Waals surface area contributed by atoms with Crippen LogP contribution in [-0.4, -0.2) is 35.0 Å². The molecular weight excluding hydrogens is 170 g/mol. The van der Waals surface area contributed by atoms with Crippen LogP contribution in [0.15, 0.2) is 17.3 Å². The molecule has 0 aromatic heterocycles. The molecule has 1 heterocycles. The van der Waals surface area contributed by atoms with E-state index in [-0.39, 0.29) is 12.5 Å². The molecule has 1 aliphatic heterocycles. The highest BCUT2D eigenvalue weighted by Crippen LogP contribution is 2.25. The van der Waals surface area contributed by atoms with E-state index in [1.165, 1.54) is 0 Å². The summed E-state index contributed by atoms with van der Waals surface area (Å²) >= 11 is 0. The molecule has 4 heteroatoms. The van der Waals surface area contributed by atoms with Gasteiger partial charge in [-0.15, -0.1) is 0 Å². The molecule has 4 nitrogen and oxygen atoms in total. The van der Waals surface area contributed by atoms with Crippen LogP contribution in [0.4, 0.5) is 0 Å². The number of aliphatic carboxylic acids is 1. The van der Waals surface area contributed by atoms with Crippen LogP contribution in [0.1, 0.15) is 13.3 Å². The first-order chi connectivity index (χ1) is 6.06. The highest BCUT2D eigenvalue weighted by atomic mass is 16.4. The molecule has 0 saturated carbocycles. The van der Waals surface area contributed by atoms with Crippen molar-refractivity contribution in [1.29, 1.82) is 0 Å². The third kappa shape index (κ3) is 1.79. The van der Waals surface area contributed by atoms with E-state index >= 15 is 0 Å². The summed E-state index contributed by atoms with van der Waals surface area (Å²) in [7, 11) is 1.75. The molecule has 0 bridgehead atoms. The van der Waals surface area contributed by atoms with Gasteiger partial charge in [-0.25, -0.2) is 4.79 Å². The van der Waals surface area contributed by atoms with E-state index in [0.717, 1.165) is 5.57 Å². The Balaban J connectivity index is 2.88. The number of hydrogen-bond donors (Lipinski definition) is 1. The van der Waals surface area contributed by atoms with Crippen molar-refractivity contribution in [3.05, 3.63) is 17.3 Å². The quantitative estimate of drug-likeness (QED) is 0.628. The van der Waals surface area contributed by atoms with Crippen molar-refractivity contribution in [3.8, 4) is 0 Å². The van der Waals surface area contributed by atoms with Crippen molar-refractivity contribution in [2.75, 3.05) is 7.05 Å². The van der Waals surface area contributed by atoms with Gasteiger partial charge in [0.25, 0.3) is 0 Å². The summed E-state index contributed by atoms with van der Waals surface area (Å²) in [4.78, 5) is 22.7. The number of carbonyl (C=O) groups is 1. The van der Waals surface area contributed by atoms with Gasteiger partial charge in [-0.2, -0.15) is 0 Å². The van der Waals surface area contributed by atoms with Crippen molar-refractivity contribution in [2.45, 2.75) is 19.4 Å². The summed E-state index contributed by atoms with van der Waals surface area (Å²) < 4.78 is 0. The van der Waals surface area contributed by atoms with Gasteiger partial charge in [-0.1, -0.05) is 0 Å². The topological polar surface area (TPSA) is 57.6 Å². The Morgan fingerprint density at radius 3 is 2.85 bits per heavy atom. The van der Waals surface area contributed by atoms with E-state index in [2.05, 4.69) is 0 Å². The number of likely N-dealkylation sites (N-methyl/N-ethyl adjacent to an activating group) is 1. The Labute approximate surface area is 76.2 Å². The van der Waals surface area contributed by atoms with E-state index in [1.54, 1.807) is 31.0 Å². The molecule has 1 N–H and O–H groups in total. The molecule has 1 unspecified atom stereocenters. The van der Waals surface area contributed by atoms with E-state index in [1.807, 2.05) is 0 Å². The molecule has 0 radical (unpaired) electrons. The van der Waals surface area contributed by atoms with Gasteiger partial charge in [-0.05, 0) is 12.5 Å². The summed E-state index contributed by atoms with van der Waals surface area (Å²) in [6.07, 6.45) is 1.70. The average molecular weight is 181 g/mol. The Bertz CT molecular complexity index is 313. The normalized spacial score (nSPS) is 21.4. The van der Waals surface area contributed by atoms with E-state index in [9.17, 15) is 9.59 Å². The lowest BCUT2D eigenvalue weighted by molar-refractivity contribution is -0.137. The lowest BCUT2D eigenvalue weighted by atomic mass is 10.0.